The summed E-state index contributed by atoms with van der Waals surface area (Å²) in [6.45, 7) is 4.47. The molecule has 2 aliphatic carbocycles. The average Bonchev–Trinajstić information content (AvgIpc) is 3.45. The quantitative estimate of drug-likeness (QED) is 0.473. The Morgan fingerprint density at radius 3 is 2.50 bits per heavy atom. The molecule has 32 heavy (non-hydrogen) atoms. The van der Waals surface area contributed by atoms with Gasteiger partial charge in [0.2, 0.25) is 0 Å². The summed E-state index contributed by atoms with van der Waals surface area (Å²) < 4.78 is 28.8. The molecule has 3 aromatic heterocycles. The molecule has 1 N–H and O–H groups in total. The van der Waals surface area contributed by atoms with Gasteiger partial charge in [0.05, 0.1) is 39.4 Å². The van der Waals surface area contributed by atoms with E-state index in [-0.39, 0.29) is 22.6 Å². The number of nitrogens with one attached hydrogen (secondary N) is 1. The number of rotatable bonds is 3. The number of hydrogen-bond donors (Lipinski definition) is 1. The largest absolute Gasteiger partial charge is 0.276 e. The van der Waals surface area contributed by atoms with Crippen LogP contribution in [-0.4, -0.2) is 25.4 Å². The van der Waals surface area contributed by atoms with Crippen molar-refractivity contribution in [3.8, 4) is 22.6 Å². The van der Waals surface area contributed by atoms with Crippen LogP contribution in [-0.2, 0) is 5.41 Å². The lowest BCUT2D eigenvalue weighted by atomic mass is 9.66. The lowest BCUT2D eigenvalue weighted by Crippen LogP contribution is -2.37. The maximum atomic E-state index is 14.4. The summed E-state index contributed by atoms with van der Waals surface area (Å²) in [4.78, 5) is 5.01. The van der Waals surface area contributed by atoms with Crippen LogP contribution in [0.15, 0.2) is 54.7 Å². The number of hydrogen-bond acceptors (Lipinski definition) is 4. The average molecular weight is 429 g/mol. The first-order valence-corrected chi connectivity index (χ1v) is 10.7. The molecule has 1 aromatic carbocycles. The Bertz CT molecular complexity index is 1330. The second-order valence-corrected chi connectivity index (χ2v) is 9.23. The number of benzene rings is 1. The van der Waals surface area contributed by atoms with Crippen LogP contribution < -0.4 is 0 Å². The molecule has 1 fully saturated rings. The Morgan fingerprint density at radius 1 is 0.969 bits per heavy atom. The highest BCUT2D eigenvalue weighted by molar-refractivity contribution is 5.64. The van der Waals surface area contributed by atoms with E-state index in [1.807, 2.05) is 30.3 Å². The van der Waals surface area contributed by atoms with Gasteiger partial charge in [-0.05, 0) is 66.1 Å². The van der Waals surface area contributed by atoms with Gasteiger partial charge in [-0.2, -0.15) is 10.2 Å². The van der Waals surface area contributed by atoms with Gasteiger partial charge in [-0.15, -0.1) is 5.10 Å². The summed E-state index contributed by atoms with van der Waals surface area (Å²) in [6.07, 6.45) is 3.57. The predicted molar refractivity (Wildman–Crippen MR) is 116 cm³/mol. The maximum Gasteiger partial charge on any atom is 0.135 e. The fourth-order valence-electron chi connectivity index (χ4n) is 5.98. The minimum atomic E-state index is -0.634. The smallest absolute Gasteiger partial charge is 0.135 e. The fourth-order valence-corrected chi connectivity index (χ4v) is 5.98. The van der Waals surface area contributed by atoms with E-state index in [0.29, 0.717) is 0 Å². The molecule has 2 aliphatic rings. The van der Waals surface area contributed by atoms with Gasteiger partial charge in [-0.1, -0.05) is 26.0 Å². The third-order valence-corrected chi connectivity index (χ3v) is 7.56. The summed E-state index contributed by atoms with van der Waals surface area (Å²) in [7, 11) is 0. The van der Waals surface area contributed by atoms with Crippen molar-refractivity contribution >= 4 is 0 Å². The molecule has 5 nitrogen and oxygen atoms in total. The maximum absolute atomic E-state index is 14.4. The Balaban J connectivity index is 1.54. The molecule has 0 unspecified atom stereocenters. The Morgan fingerprint density at radius 2 is 1.75 bits per heavy atom. The van der Waals surface area contributed by atoms with Crippen molar-refractivity contribution in [1.29, 1.82) is 0 Å². The first-order chi connectivity index (χ1) is 15.4. The van der Waals surface area contributed by atoms with Crippen LogP contribution in [0.1, 0.15) is 49.6 Å². The predicted octanol–water partition coefficient (Wildman–Crippen LogP) is 5.41. The molecule has 0 radical (unpaired) electrons. The van der Waals surface area contributed by atoms with Crippen LogP contribution in [0.3, 0.4) is 0 Å². The van der Waals surface area contributed by atoms with Crippen LogP contribution in [0.5, 0.6) is 0 Å². The van der Waals surface area contributed by atoms with Gasteiger partial charge in [0, 0.05) is 6.20 Å². The van der Waals surface area contributed by atoms with Gasteiger partial charge in [0.25, 0.3) is 0 Å². The van der Waals surface area contributed by atoms with Gasteiger partial charge in [0.1, 0.15) is 11.6 Å². The van der Waals surface area contributed by atoms with Crippen molar-refractivity contribution in [2.24, 2.45) is 5.41 Å². The van der Waals surface area contributed by atoms with Crippen LogP contribution in [0.25, 0.3) is 22.6 Å². The standard InChI is InChI=1S/C25H21F2N5/c1-24(2)15-9-11-25(24,21-8-4-7-18(29-21)19-10-12-28-30-19)23-14(15)13-20(31-32-23)22-16(26)5-3-6-17(22)27/h3-8,10,12-13,15H,9,11H2,1-2H3,(H,28,30)/t15-,25-/m0/s1. The highest BCUT2D eigenvalue weighted by atomic mass is 19.1. The SMILES string of the molecule is CC1(C)[C@H]2CC[C@]1(c1cccc(-c3ccn[nH]3)n1)c1nnc(-c3c(F)cccc3F)cc12. The molecular formula is C25H21F2N5. The molecule has 1 saturated carbocycles. The molecule has 0 amide bonds. The molecule has 0 saturated heterocycles. The number of halogens is 2. The Labute approximate surface area is 184 Å². The third-order valence-electron chi connectivity index (χ3n) is 7.56. The monoisotopic (exact) mass is 429 g/mol. The van der Waals surface area contributed by atoms with Crippen molar-refractivity contribution in [3.63, 3.8) is 0 Å². The number of fused-ring (bicyclic) bond motifs is 5. The molecule has 3 heterocycles. The van der Waals surface area contributed by atoms with Crippen LogP contribution in [0, 0.1) is 17.0 Å². The highest BCUT2D eigenvalue weighted by Gasteiger charge is 2.65. The molecule has 4 aromatic rings. The molecule has 6 rings (SSSR count). The van der Waals surface area contributed by atoms with E-state index in [0.717, 1.165) is 41.2 Å². The van der Waals surface area contributed by atoms with Crippen molar-refractivity contribution in [3.05, 3.63) is 83.3 Å². The van der Waals surface area contributed by atoms with Gasteiger partial charge in [-0.3, -0.25) is 10.1 Å². The second kappa shape index (κ2) is 6.51. The van der Waals surface area contributed by atoms with Crippen molar-refractivity contribution in [1.82, 2.24) is 25.4 Å². The van der Waals surface area contributed by atoms with E-state index >= 15 is 0 Å². The lowest BCUT2D eigenvalue weighted by molar-refractivity contribution is 0.243. The van der Waals surface area contributed by atoms with Crippen LogP contribution in [0.2, 0.25) is 0 Å². The molecule has 7 heteroatoms. The molecule has 0 spiro atoms. The van der Waals surface area contributed by atoms with Crippen LogP contribution in [0.4, 0.5) is 8.78 Å². The molecule has 160 valence electrons. The first-order valence-electron chi connectivity index (χ1n) is 10.7. The minimum Gasteiger partial charge on any atom is -0.276 e. The van der Waals surface area contributed by atoms with E-state index in [2.05, 4.69) is 34.2 Å². The minimum absolute atomic E-state index is 0.128. The summed E-state index contributed by atoms with van der Waals surface area (Å²) in [5.41, 5.74) is 4.02. The van der Waals surface area contributed by atoms with Gasteiger partial charge >= 0.3 is 0 Å². The third kappa shape index (κ3) is 2.36. The molecule has 2 atom stereocenters. The second-order valence-electron chi connectivity index (χ2n) is 9.23. The zero-order chi connectivity index (χ0) is 22.1. The van der Waals surface area contributed by atoms with Crippen LogP contribution >= 0.6 is 0 Å². The van der Waals surface area contributed by atoms with Gasteiger partial charge in [0.15, 0.2) is 0 Å². The molecular weight excluding hydrogens is 408 g/mol. The van der Waals surface area contributed by atoms with E-state index in [1.54, 1.807) is 6.20 Å². The fraction of sp³-hybridized carbons (Fsp3) is 0.280. The summed E-state index contributed by atoms with van der Waals surface area (Å²) in [5, 5.41) is 15.9. The van der Waals surface area contributed by atoms with Crippen molar-refractivity contribution < 1.29 is 8.78 Å². The van der Waals surface area contributed by atoms with Gasteiger partial charge in [-0.25, -0.2) is 8.78 Å². The van der Waals surface area contributed by atoms with E-state index in [1.165, 1.54) is 18.2 Å². The van der Waals surface area contributed by atoms with E-state index < -0.39 is 17.0 Å². The topological polar surface area (TPSA) is 67.3 Å². The van der Waals surface area contributed by atoms with E-state index in [9.17, 15) is 8.78 Å². The summed E-state index contributed by atoms with van der Waals surface area (Å²) in [6, 6.07) is 13.6. The van der Waals surface area contributed by atoms with E-state index in [4.69, 9.17) is 4.98 Å². The zero-order valence-corrected chi connectivity index (χ0v) is 17.7. The Hall–Kier alpha value is -3.48. The van der Waals surface area contributed by atoms with Crippen molar-refractivity contribution in [2.75, 3.05) is 0 Å². The summed E-state index contributed by atoms with van der Waals surface area (Å²) in [5.74, 6) is -1.06. The first kappa shape index (κ1) is 19.2. The number of nitrogens with zero attached hydrogens (tertiary/aromatic N) is 4. The van der Waals surface area contributed by atoms with Crippen molar-refractivity contribution in [2.45, 2.75) is 38.0 Å². The number of aromatic amines is 1. The number of aromatic nitrogens is 5. The molecule has 0 aliphatic heterocycles. The summed E-state index contributed by atoms with van der Waals surface area (Å²) >= 11 is 0. The van der Waals surface area contributed by atoms with Gasteiger partial charge < -0.3 is 0 Å². The normalized spacial score (nSPS) is 22.8. The highest BCUT2D eigenvalue weighted by Crippen LogP contribution is 2.69. The number of H-pyrrole nitrogens is 1. The zero-order valence-electron chi connectivity index (χ0n) is 17.7. The lowest BCUT2D eigenvalue weighted by Gasteiger charge is -2.37. The Kier molecular flexibility index (Phi) is 3.91. The number of pyridine rings is 1. The molecule has 2 bridgehead atoms.